The maximum atomic E-state index is 13.3. The van der Waals surface area contributed by atoms with E-state index in [9.17, 15) is 4.79 Å². The summed E-state index contributed by atoms with van der Waals surface area (Å²) in [5, 5.41) is 8.33. The Hall–Kier alpha value is -3.06. The van der Waals surface area contributed by atoms with Gasteiger partial charge in [0.05, 0.1) is 34.6 Å². The lowest BCUT2D eigenvalue weighted by Gasteiger charge is -2.15. The second kappa shape index (κ2) is 7.99. The van der Waals surface area contributed by atoms with Crippen LogP contribution >= 0.6 is 11.3 Å². The van der Waals surface area contributed by atoms with E-state index in [0.717, 1.165) is 28.0 Å². The summed E-state index contributed by atoms with van der Waals surface area (Å²) in [6.07, 6.45) is 3.47. The highest BCUT2D eigenvalue weighted by Gasteiger charge is 2.21. The predicted molar refractivity (Wildman–Crippen MR) is 121 cm³/mol. The van der Waals surface area contributed by atoms with E-state index in [1.807, 2.05) is 35.9 Å². The molecule has 0 aliphatic carbocycles. The zero-order chi connectivity index (χ0) is 21.4. The Labute approximate surface area is 180 Å². The van der Waals surface area contributed by atoms with Gasteiger partial charge in [0.1, 0.15) is 0 Å². The van der Waals surface area contributed by atoms with Gasteiger partial charge in [0, 0.05) is 27.6 Å². The minimum Gasteiger partial charge on any atom is -0.344 e. The lowest BCUT2D eigenvalue weighted by molar-refractivity contribution is 0.0940. The molecular formula is C23H25N5OS. The summed E-state index contributed by atoms with van der Waals surface area (Å²) < 4.78 is 1.87. The number of thiophene rings is 1. The normalized spacial score (nSPS) is 12.5. The average molecular weight is 420 g/mol. The molecule has 0 aliphatic heterocycles. The van der Waals surface area contributed by atoms with Gasteiger partial charge >= 0.3 is 0 Å². The summed E-state index contributed by atoms with van der Waals surface area (Å²) in [7, 11) is 0. The lowest BCUT2D eigenvalue weighted by Crippen LogP contribution is -2.27. The van der Waals surface area contributed by atoms with Crippen molar-refractivity contribution in [3.8, 4) is 11.3 Å². The van der Waals surface area contributed by atoms with E-state index in [4.69, 9.17) is 4.98 Å². The molecule has 0 bridgehead atoms. The molecule has 0 aromatic carbocycles. The fourth-order valence-corrected chi connectivity index (χ4v) is 4.52. The molecule has 4 rings (SSSR count). The van der Waals surface area contributed by atoms with Crippen LogP contribution in [0.2, 0.25) is 0 Å². The molecule has 7 heteroatoms. The third-order valence-electron chi connectivity index (χ3n) is 5.10. The maximum absolute atomic E-state index is 13.3. The van der Waals surface area contributed by atoms with Gasteiger partial charge < -0.3 is 5.32 Å². The van der Waals surface area contributed by atoms with Crippen LogP contribution in [-0.2, 0) is 0 Å². The molecule has 0 saturated heterocycles. The molecule has 0 unspecified atom stereocenters. The van der Waals surface area contributed by atoms with Crippen LogP contribution in [0, 0.1) is 13.8 Å². The Morgan fingerprint density at radius 2 is 1.97 bits per heavy atom. The maximum Gasteiger partial charge on any atom is 0.252 e. The van der Waals surface area contributed by atoms with Crippen molar-refractivity contribution in [1.82, 2.24) is 25.1 Å². The van der Waals surface area contributed by atoms with E-state index < -0.39 is 0 Å². The molecule has 4 aromatic rings. The van der Waals surface area contributed by atoms with Crippen molar-refractivity contribution in [1.29, 1.82) is 0 Å². The van der Waals surface area contributed by atoms with Crippen molar-refractivity contribution in [2.24, 2.45) is 0 Å². The van der Waals surface area contributed by atoms with Gasteiger partial charge in [-0.05, 0) is 58.9 Å². The van der Waals surface area contributed by atoms with E-state index in [1.54, 1.807) is 23.7 Å². The molecule has 0 fully saturated rings. The molecule has 6 nitrogen and oxygen atoms in total. The van der Waals surface area contributed by atoms with E-state index in [-0.39, 0.29) is 18.0 Å². The zero-order valence-electron chi connectivity index (χ0n) is 17.8. The van der Waals surface area contributed by atoms with Crippen molar-refractivity contribution in [2.45, 2.75) is 46.7 Å². The number of rotatable bonds is 5. The SMILES string of the molecule is Cc1cc(-c2cc(C(=O)N[C@@H](C)c3ccccn3)c3cnn(C(C)C)c3n2)c(C)s1. The minimum absolute atomic E-state index is 0.138. The van der Waals surface area contributed by atoms with Gasteiger partial charge in [-0.15, -0.1) is 11.3 Å². The van der Waals surface area contributed by atoms with Gasteiger partial charge in [-0.2, -0.15) is 5.10 Å². The number of aromatic nitrogens is 4. The monoisotopic (exact) mass is 419 g/mol. The molecule has 0 aliphatic rings. The molecule has 0 saturated carbocycles. The van der Waals surface area contributed by atoms with Gasteiger partial charge in [-0.3, -0.25) is 9.78 Å². The molecule has 4 aromatic heterocycles. The first kappa shape index (κ1) is 20.2. The second-order valence-electron chi connectivity index (χ2n) is 7.75. The van der Waals surface area contributed by atoms with Gasteiger partial charge in [0.15, 0.2) is 5.65 Å². The summed E-state index contributed by atoms with van der Waals surface area (Å²) in [6.45, 7) is 10.2. The Balaban J connectivity index is 1.81. The standard InChI is InChI=1S/C23H25N5OS/c1-13(2)28-22-19(12-25-28)18(11-21(27-22)17-10-14(3)30-16(17)5)23(29)26-15(4)20-8-6-7-9-24-20/h6-13,15H,1-5H3,(H,26,29)/t15-/m0/s1. The van der Waals surface area contributed by atoms with E-state index in [0.29, 0.717) is 5.56 Å². The summed E-state index contributed by atoms with van der Waals surface area (Å²) in [5.74, 6) is -0.158. The number of amides is 1. The number of carbonyl (C=O) groups is 1. The Morgan fingerprint density at radius 3 is 2.60 bits per heavy atom. The highest BCUT2D eigenvalue weighted by Crippen LogP contribution is 2.32. The number of nitrogens with zero attached hydrogens (tertiary/aromatic N) is 4. The van der Waals surface area contributed by atoms with Crippen molar-refractivity contribution in [3.05, 3.63) is 63.7 Å². The summed E-state index contributed by atoms with van der Waals surface area (Å²) in [4.78, 5) is 24.9. The van der Waals surface area contributed by atoms with Crippen molar-refractivity contribution in [2.75, 3.05) is 0 Å². The molecule has 30 heavy (non-hydrogen) atoms. The third-order valence-corrected chi connectivity index (χ3v) is 6.06. The molecule has 0 spiro atoms. The highest BCUT2D eigenvalue weighted by atomic mass is 32.1. The molecule has 1 atom stereocenters. The molecule has 4 heterocycles. The number of aryl methyl sites for hydroxylation is 2. The topological polar surface area (TPSA) is 72.7 Å². The van der Waals surface area contributed by atoms with Crippen LogP contribution in [0.25, 0.3) is 22.3 Å². The molecule has 1 N–H and O–H groups in total. The highest BCUT2D eigenvalue weighted by molar-refractivity contribution is 7.12. The molecule has 154 valence electrons. The molecule has 0 radical (unpaired) electrons. The second-order valence-corrected chi connectivity index (χ2v) is 9.21. The van der Waals surface area contributed by atoms with Crippen LogP contribution in [-0.4, -0.2) is 25.7 Å². The van der Waals surface area contributed by atoms with Gasteiger partial charge in [0.2, 0.25) is 0 Å². The van der Waals surface area contributed by atoms with Crippen LogP contribution in [0.1, 0.15) is 58.7 Å². The lowest BCUT2D eigenvalue weighted by atomic mass is 10.1. The van der Waals surface area contributed by atoms with Crippen LogP contribution in [0.4, 0.5) is 0 Å². The average Bonchev–Trinajstić information content (AvgIpc) is 3.30. The van der Waals surface area contributed by atoms with Crippen molar-refractivity contribution >= 4 is 28.3 Å². The Morgan fingerprint density at radius 1 is 1.17 bits per heavy atom. The predicted octanol–water partition coefficient (Wildman–Crippen LogP) is 5.24. The molecule has 1 amide bonds. The third kappa shape index (κ3) is 3.73. The summed E-state index contributed by atoms with van der Waals surface area (Å²) >= 11 is 1.73. The summed E-state index contributed by atoms with van der Waals surface area (Å²) in [5.41, 5.74) is 3.97. The number of pyridine rings is 2. The minimum atomic E-state index is -0.212. The quantitative estimate of drug-likeness (QED) is 0.480. The van der Waals surface area contributed by atoms with Gasteiger partial charge in [-0.25, -0.2) is 9.67 Å². The molecular weight excluding hydrogens is 394 g/mol. The van der Waals surface area contributed by atoms with Crippen LogP contribution in [0.15, 0.2) is 42.7 Å². The van der Waals surface area contributed by atoms with Gasteiger partial charge in [0.25, 0.3) is 5.91 Å². The van der Waals surface area contributed by atoms with Crippen LogP contribution in [0.3, 0.4) is 0 Å². The summed E-state index contributed by atoms with van der Waals surface area (Å²) in [6, 6.07) is 9.62. The van der Waals surface area contributed by atoms with Crippen LogP contribution < -0.4 is 5.32 Å². The largest absolute Gasteiger partial charge is 0.344 e. The van der Waals surface area contributed by atoms with E-state index in [2.05, 4.69) is 49.2 Å². The Kier molecular flexibility index (Phi) is 5.39. The number of carbonyl (C=O) groups excluding carboxylic acids is 1. The van der Waals surface area contributed by atoms with E-state index >= 15 is 0 Å². The zero-order valence-corrected chi connectivity index (χ0v) is 18.6. The first-order valence-corrected chi connectivity index (χ1v) is 10.8. The fraction of sp³-hybridized carbons (Fsp3) is 0.304. The Bertz CT molecular complexity index is 1210. The van der Waals surface area contributed by atoms with Gasteiger partial charge in [-0.1, -0.05) is 6.07 Å². The van der Waals surface area contributed by atoms with Crippen molar-refractivity contribution < 1.29 is 4.79 Å². The smallest absolute Gasteiger partial charge is 0.252 e. The number of fused-ring (bicyclic) bond motifs is 1. The number of hydrogen-bond donors (Lipinski definition) is 1. The van der Waals surface area contributed by atoms with Crippen molar-refractivity contribution in [3.63, 3.8) is 0 Å². The van der Waals surface area contributed by atoms with E-state index in [1.165, 1.54) is 9.75 Å². The first-order valence-electron chi connectivity index (χ1n) is 10.0. The number of hydrogen-bond acceptors (Lipinski definition) is 5. The first-order chi connectivity index (χ1) is 14.3. The van der Waals surface area contributed by atoms with Crippen LogP contribution in [0.5, 0.6) is 0 Å². The fourth-order valence-electron chi connectivity index (χ4n) is 3.59. The number of nitrogens with one attached hydrogen (secondary N) is 1.